The molecule has 2 atom stereocenters. The Morgan fingerprint density at radius 1 is 1.31 bits per heavy atom. The maximum atomic E-state index is 14.5. The number of rotatable bonds is 7. The molecule has 26 heavy (non-hydrogen) atoms. The van der Waals surface area contributed by atoms with E-state index in [2.05, 4.69) is 17.1 Å². The van der Waals surface area contributed by atoms with Crippen molar-refractivity contribution in [2.45, 2.75) is 51.5 Å². The number of nitriles is 1. The van der Waals surface area contributed by atoms with Gasteiger partial charge in [0.05, 0.1) is 11.6 Å². The molecule has 1 heterocycles. The van der Waals surface area contributed by atoms with Crippen molar-refractivity contribution in [1.29, 1.82) is 5.26 Å². The monoisotopic (exact) mass is 355 g/mol. The minimum Gasteiger partial charge on any atom is -0.313 e. The molecule has 3 nitrogen and oxygen atoms in total. The van der Waals surface area contributed by atoms with E-state index in [9.17, 15) is 4.39 Å². The molecule has 1 aromatic rings. The average molecular weight is 356 g/mol. The van der Waals surface area contributed by atoms with E-state index in [1.165, 1.54) is 31.9 Å². The number of nitrogens with one attached hydrogen (secondary N) is 1. The van der Waals surface area contributed by atoms with Crippen LogP contribution in [0.4, 0.5) is 4.39 Å². The molecule has 4 rings (SSSR count). The summed E-state index contributed by atoms with van der Waals surface area (Å²) in [5.41, 5.74) is 1.31. The zero-order chi connectivity index (χ0) is 18.1. The van der Waals surface area contributed by atoms with Gasteiger partial charge in [-0.05, 0) is 86.6 Å². The van der Waals surface area contributed by atoms with Crippen molar-refractivity contribution in [3.05, 3.63) is 35.1 Å². The Hall–Kier alpha value is -1.44. The van der Waals surface area contributed by atoms with Gasteiger partial charge in [-0.1, -0.05) is 13.0 Å². The van der Waals surface area contributed by atoms with Crippen LogP contribution in [0.3, 0.4) is 0 Å². The topological polar surface area (TPSA) is 39.1 Å². The lowest BCUT2D eigenvalue weighted by atomic mass is 9.73. The summed E-state index contributed by atoms with van der Waals surface area (Å²) in [4.78, 5) is 2.62. The zero-order valence-corrected chi connectivity index (χ0v) is 15.8. The standard InChI is InChI=1S/C22H30FN3/c1-16-10-21(16)25-15-22(6-8-26(9-7-22)14-17-2-3-17)12-19-5-4-18(13-24)11-20(19)23/h4-5,11,16-17,21,25H,2-3,6-10,12,14-15H2,1H3. The first kappa shape index (κ1) is 17.9. The SMILES string of the molecule is CC1CC1NCC1(Cc2ccc(C#N)cc2F)CCN(CC2CC2)CC1. The molecule has 4 heteroatoms. The van der Waals surface area contributed by atoms with Gasteiger partial charge >= 0.3 is 0 Å². The van der Waals surface area contributed by atoms with E-state index in [-0.39, 0.29) is 11.2 Å². The number of nitrogens with zero attached hydrogens (tertiary/aromatic N) is 2. The second-order valence-corrected chi connectivity index (χ2v) is 9.04. The molecule has 140 valence electrons. The third-order valence-corrected chi connectivity index (χ3v) is 6.73. The molecule has 1 saturated heterocycles. The highest BCUT2D eigenvalue weighted by molar-refractivity contribution is 5.33. The van der Waals surface area contributed by atoms with Gasteiger partial charge in [0.15, 0.2) is 0 Å². The lowest BCUT2D eigenvalue weighted by molar-refractivity contribution is 0.0968. The first-order valence-electron chi connectivity index (χ1n) is 10.2. The quantitative estimate of drug-likeness (QED) is 0.810. The van der Waals surface area contributed by atoms with Crippen molar-refractivity contribution in [1.82, 2.24) is 10.2 Å². The van der Waals surface area contributed by atoms with Crippen molar-refractivity contribution in [3.8, 4) is 6.07 Å². The predicted octanol–water partition coefficient (Wildman–Crippen LogP) is 3.73. The number of hydrogen-bond donors (Lipinski definition) is 1. The van der Waals surface area contributed by atoms with Crippen molar-refractivity contribution >= 4 is 0 Å². The van der Waals surface area contributed by atoms with Gasteiger partial charge < -0.3 is 10.2 Å². The highest BCUT2D eigenvalue weighted by Crippen LogP contribution is 2.39. The van der Waals surface area contributed by atoms with Crippen molar-refractivity contribution in [3.63, 3.8) is 0 Å². The van der Waals surface area contributed by atoms with E-state index in [4.69, 9.17) is 5.26 Å². The second-order valence-electron chi connectivity index (χ2n) is 9.04. The number of benzene rings is 1. The smallest absolute Gasteiger partial charge is 0.127 e. The molecule has 1 aliphatic heterocycles. The van der Waals surface area contributed by atoms with Crippen LogP contribution in [0, 0.1) is 34.4 Å². The lowest BCUT2D eigenvalue weighted by Gasteiger charge is -2.42. The summed E-state index contributed by atoms with van der Waals surface area (Å²) in [6, 6.07) is 7.66. The first-order valence-corrected chi connectivity index (χ1v) is 10.2. The fraction of sp³-hybridized carbons (Fsp3) is 0.682. The molecule has 0 bridgehead atoms. The van der Waals surface area contributed by atoms with Crippen LogP contribution in [0.5, 0.6) is 0 Å². The third kappa shape index (κ3) is 4.27. The number of halogens is 1. The van der Waals surface area contributed by atoms with Gasteiger partial charge in [0.25, 0.3) is 0 Å². The highest BCUT2D eigenvalue weighted by Gasteiger charge is 2.39. The van der Waals surface area contributed by atoms with Crippen LogP contribution in [0.25, 0.3) is 0 Å². The maximum absolute atomic E-state index is 14.5. The Morgan fingerprint density at radius 2 is 2.04 bits per heavy atom. The summed E-state index contributed by atoms with van der Waals surface area (Å²) in [6.45, 7) is 6.81. The van der Waals surface area contributed by atoms with Crippen LogP contribution in [-0.4, -0.2) is 37.1 Å². The lowest BCUT2D eigenvalue weighted by Crippen LogP contribution is -2.47. The largest absolute Gasteiger partial charge is 0.313 e. The van der Waals surface area contributed by atoms with Gasteiger partial charge in [-0.15, -0.1) is 0 Å². The van der Waals surface area contributed by atoms with Crippen LogP contribution in [0.15, 0.2) is 18.2 Å². The predicted molar refractivity (Wildman–Crippen MR) is 101 cm³/mol. The molecule has 2 aliphatic carbocycles. The number of piperidine rings is 1. The van der Waals surface area contributed by atoms with E-state index in [0.717, 1.165) is 56.3 Å². The minimum absolute atomic E-state index is 0.136. The van der Waals surface area contributed by atoms with Gasteiger partial charge in [-0.25, -0.2) is 4.39 Å². The molecule has 1 aromatic carbocycles. The summed E-state index contributed by atoms with van der Waals surface area (Å²) in [5, 5.41) is 12.7. The van der Waals surface area contributed by atoms with E-state index in [1.54, 1.807) is 6.07 Å². The Balaban J connectivity index is 1.44. The minimum atomic E-state index is -0.219. The van der Waals surface area contributed by atoms with Crippen molar-refractivity contribution < 1.29 is 4.39 Å². The first-order chi connectivity index (χ1) is 12.6. The summed E-state index contributed by atoms with van der Waals surface area (Å²) in [7, 11) is 0. The summed E-state index contributed by atoms with van der Waals surface area (Å²) < 4.78 is 14.5. The molecule has 0 radical (unpaired) electrons. The third-order valence-electron chi connectivity index (χ3n) is 6.73. The van der Waals surface area contributed by atoms with E-state index in [0.29, 0.717) is 11.6 Å². The highest BCUT2D eigenvalue weighted by atomic mass is 19.1. The normalized spacial score (nSPS) is 27.9. The molecular weight excluding hydrogens is 325 g/mol. The summed E-state index contributed by atoms with van der Waals surface area (Å²) in [5.74, 6) is 1.50. The Kier molecular flexibility index (Phi) is 5.03. The van der Waals surface area contributed by atoms with Crippen LogP contribution >= 0.6 is 0 Å². The summed E-state index contributed by atoms with van der Waals surface area (Å²) >= 11 is 0. The van der Waals surface area contributed by atoms with Gasteiger partial charge in [0.1, 0.15) is 5.82 Å². The fourth-order valence-corrected chi connectivity index (χ4v) is 4.41. The molecule has 3 fully saturated rings. The average Bonchev–Trinajstić information content (AvgIpc) is 3.56. The number of likely N-dealkylation sites (tertiary alicyclic amines) is 1. The van der Waals surface area contributed by atoms with Gasteiger partial charge in [-0.3, -0.25) is 0 Å². The van der Waals surface area contributed by atoms with Crippen LogP contribution in [-0.2, 0) is 6.42 Å². The molecule has 1 N–H and O–H groups in total. The van der Waals surface area contributed by atoms with Crippen molar-refractivity contribution in [2.24, 2.45) is 17.3 Å². The molecular formula is C22H30FN3. The molecule has 2 saturated carbocycles. The van der Waals surface area contributed by atoms with E-state index in [1.807, 2.05) is 12.1 Å². The zero-order valence-electron chi connectivity index (χ0n) is 15.8. The molecule has 0 aromatic heterocycles. The van der Waals surface area contributed by atoms with Crippen LogP contribution in [0.2, 0.25) is 0 Å². The molecule has 0 amide bonds. The second kappa shape index (κ2) is 7.29. The summed E-state index contributed by atoms with van der Waals surface area (Å²) in [6.07, 6.45) is 7.12. The molecule has 2 unspecified atom stereocenters. The van der Waals surface area contributed by atoms with E-state index >= 15 is 0 Å². The van der Waals surface area contributed by atoms with Crippen LogP contribution in [0.1, 0.15) is 50.2 Å². The molecule has 3 aliphatic rings. The Morgan fingerprint density at radius 3 is 2.62 bits per heavy atom. The van der Waals surface area contributed by atoms with Gasteiger partial charge in [0, 0.05) is 19.1 Å². The Labute approximate surface area is 156 Å². The maximum Gasteiger partial charge on any atom is 0.127 e. The van der Waals surface area contributed by atoms with Gasteiger partial charge in [0.2, 0.25) is 0 Å². The number of hydrogen-bond acceptors (Lipinski definition) is 3. The van der Waals surface area contributed by atoms with Crippen LogP contribution < -0.4 is 5.32 Å². The van der Waals surface area contributed by atoms with Gasteiger partial charge in [-0.2, -0.15) is 5.26 Å². The van der Waals surface area contributed by atoms with Crippen molar-refractivity contribution in [2.75, 3.05) is 26.2 Å². The Bertz CT molecular complexity index is 683. The fourth-order valence-electron chi connectivity index (χ4n) is 4.41. The molecule has 0 spiro atoms. The van der Waals surface area contributed by atoms with E-state index < -0.39 is 0 Å².